The van der Waals surface area contributed by atoms with Crippen molar-refractivity contribution in [3.63, 3.8) is 0 Å². The van der Waals surface area contributed by atoms with E-state index >= 15 is 0 Å². The van der Waals surface area contributed by atoms with Crippen LogP contribution in [0.15, 0.2) is 72.4 Å². The molecule has 0 nitrogen and oxygen atoms in total. The van der Waals surface area contributed by atoms with E-state index in [1.54, 1.807) is 5.56 Å². The smallest absolute Gasteiger partial charge is 0.00826 e. The molecule has 0 bridgehead atoms. The largest absolute Gasteiger partial charge is 0.0986 e. The van der Waals surface area contributed by atoms with E-state index in [-0.39, 0.29) is 0 Å². The number of hydrogen-bond donors (Lipinski definition) is 0. The molecule has 0 heterocycles. The molecule has 5 rings (SSSR count). The van der Waals surface area contributed by atoms with E-state index in [0.29, 0.717) is 11.8 Å². The summed E-state index contributed by atoms with van der Waals surface area (Å²) in [6.45, 7) is 18.0. The van der Waals surface area contributed by atoms with Crippen LogP contribution in [0.4, 0.5) is 0 Å². The fourth-order valence-electron chi connectivity index (χ4n) is 6.71. The van der Waals surface area contributed by atoms with Crippen LogP contribution in [-0.2, 0) is 12.8 Å². The summed E-state index contributed by atoms with van der Waals surface area (Å²) in [5.74, 6) is 2.52. The van der Waals surface area contributed by atoms with Crippen molar-refractivity contribution in [2.24, 2.45) is 23.7 Å². The third kappa shape index (κ3) is 4.40. The molecule has 176 valence electrons. The van der Waals surface area contributed by atoms with E-state index in [1.807, 2.05) is 0 Å². The Kier molecular flexibility index (Phi) is 6.28. The van der Waals surface area contributed by atoms with Gasteiger partial charge in [-0.15, -0.1) is 0 Å². The van der Waals surface area contributed by atoms with Crippen LogP contribution in [0.2, 0.25) is 0 Å². The molecule has 3 unspecified atom stereocenters. The molecule has 3 aliphatic carbocycles. The Hall–Kier alpha value is -2.60. The predicted molar refractivity (Wildman–Crippen MR) is 148 cm³/mol. The summed E-state index contributed by atoms with van der Waals surface area (Å²) in [6, 6.07) is 11.8. The second kappa shape index (κ2) is 9.21. The van der Waals surface area contributed by atoms with Gasteiger partial charge in [0.1, 0.15) is 0 Å². The first-order chi connectivity index (χ1) is 16.3. The predicted octanol–water partition coefficient (Wildman–Crippen LogP) is 9.21. The standard InChI is InChI=1S/C34H40/c1-21-10-13-27(15-21)18-32-25(5)14-22(2)16-34(32)30-9-7-8-29-17-28(20-33(29)30)19-31-24(4)12-11-23(3)26(31)6/h7-9,11-12,14,16-17,21,23,27,31H,4,6,10,13,15,18-20H2,1-3,5H3/t21-,23?,27?,31?/m0/s1. The highest BCUT2D eigenvalue weighted by atomic mass is 14.3. The van der Waals surface area contributed by atoms with Crippen LogP contribution in [0.3, 0.4) is 0 Å². The van der Waals surface area contributed by atoms with Gasteiger partial charge in [0.25, 0.3) is 0 Å². The molecule has 0 amide bonds. The Morgan fingerprint density at radius 3 is 2.56 bits per heavy atom. The Labute approximate surface area is 207 Å². The lowest BCUT2D eigenvalue weighted by Crippen LogP contribution is -2.15. The summed E-state index contributed by atoms with van der Waals surface area (Å²) in [6.07, 6.45) is 14.4. The SMILES string of the molecule is C=C1C=CC(C)C(=C)C1CC1=Cc2cccc(-c3cc(C)cc(C)c3CC3CC[C@H](C)C3)c2C1. The van der Waals surface area contributed by atoms with E-state index in [0.717, 1.165) is 24.7 Å². The van der Waals surface area contributed by atoms with Crippen molar-refractivity contribution in [1.29, 1.82) is 0 Å². The highest BCUT2D eigenvalue weighted by Crippen LogP contribution is 2.43. The summed E-state index contributed by atoms with van der Waals surface area (Å²) >= 11 is 0. The number of aryl methyl sites for hydroxylation is 2. The van der Waals surface area contributed by atoms with Crippen LogP contribution >= 0.6 is 0 Å². The van der Waals surface area contributed by atoms with Crippen molar-refractivity contribution in [2.45, 2.75) is 66.2 Å². The molecular weight excluding hydrogens is 408 g/mol. The van der Waals surface area contributed by atoms with Crippen molar-refractivity contribution in [3.8, 4) is 11.1 Å². The first-order valence-corrected chi connectivity index (χ1v) is 13.3. The molecule has 2 aromatic rings. The fourth-order valence-corrected chi connectivity index (χ4v) is 6.71. The number of allylic oxidation sites excluding steroid dienone is 5. The molecule has 2 aromatic carbocycles. The molecule has 0 aliphatic heterocycles. The molecule has 34 heavy (non-hydrogen) atoms. The van der Waals surface area contributed by atoms with Crippen molar-refractivity contribution < 1.29 is 0 Å². The van der Waals surface area contributed by atoms with Gasteiger partial charge < -0.3 is 0 Å². The molecule has 0 aromatic heterocycles. The molecule has 3 aliphatic rings. The van der Waals surface area contributed by atoms with Gasteiger partial charge in [-0.2, -0.15) is 0 Å². The van der Waals surface area contributed by atoms with E-state index < -0.39 is 0 Å². The Balaban J connectivity index is 1.45. The molecule has 0 spiro atoms. The molecule has 0 saturated heterocycles. The summed E-state index contributed by atoms with van der Waals surface area (Å²) in [7, 11) is 0. The lowest BCUT2D eigenvalue weighted by atomic mass is 9.77. The lowest BCUT2D eigenvalue weighted by molar-refractivity contribution is 0.512. The van der Waals surface area contributed by atoms with E-state index in [4.69, 9.17) is 0 Å². The van der Waals surface area contributed by atoms with Crippen molar-refractivity contribution in [3.05, 3.63) is 100 Å². The van der Waals surface area contributed by atoms with Crippen LogP contribution in [-0.4, -0.2) is 0 Å². The first kappa shape index (κ1) is 23.2. The number of hydrogen-bond acceptors (Lipinski definition) is 0. The maximum Gasteiger partial charge on any atom is 0.00826 e. The van der Waals surface area contributed by atoms with Crippen molar-refractivity contribution >= 4 is 6.08 Å². The highest BCUT2D eigenvalue weighted by molar-refractivity contribution is 5.80. The van der Waals surface area contributed by atoms with Gasteiger partial charge in [0.15, 0.2) is 0 Å². The maximum absolute atomic E-state index is 4.43. The van der Waals surface area contributed by atoms with Crippen LogP contribution in [0.1, 0.15) is 67.3 Å². The van der Waals surface area contributed by atoms with Gasteiger partial charge in [-0.05, 0) is 103 Å². The van der Waals surface area contributed by atoms with Gasteiger partial charge >= 0.3 is 0 Å². The zero-order chi connectivity index (χ0) is 24.0. The third-order valence-corrected chi connectivity index (χ3v) is 8.72. The van der Waals surface area contributed by atoms with Gasteiger partial charge in [-0.3, -0.25) is 0 Å². The monoisotopic (exact) mass is 448 g/mol. The Bertz CT molecular complexity index is 1200. The summed E-state index contributed by atoms with van der Waals surface area (Å²) in [5, 5.41) is 0. The van der Waals surface area contributed by atoms with Crippen LogP contribution in [0.5, 0.6) is 0 Å². The minimum absolute atomic E-state index is 0.366. The van der Waals surface area contributed by atoms with Crippen molar-refractivity contribution in [2.75, 3.05) is 0 Å². The second-order valence-corrected chi connectivity index (χ2v) is 11.5. The maximum atomic E-state index is 4.43. The van der Waals surface area contributed by atoms with Gasteiger partial charge in [0, 0.05) is 5.92 Å². The summed E-state index contributed by atoms with van der Waals surface area (Å²) in [4.78, 5) is 0. The highest BCUT2D eigenvalue weighted by Gasteiger charge is 2.27. The molecule has 1 saturated carbocycles. The quantitative estimate of drug-likeness (QED) is 0.400. The average Bonchev–Trinajstić information content (AvgIpc) is 3.40. The van der Waals surface area contributed by atoms with E-state index in [9.17, 15) is 0 Å². The van der Waals surface area contributed by atoms with Crippen LogP contribution in [0.25, 0.3) is 17.2 Å². The van der Waals surface area contributed by atoms with Gasteiger partial charge in [0.05, 0.1) is 0 Å². The third-order valence-electron chi connectivity index (χ3n) is 8.72. The van der Waals surface area contributed by atoms with Gasteiger partial charge in [0.2, 0.25) is 0 Å². The zero-order valence-corrected chi connectivity index (χ0v) is 21.6. The number of benzene rings is 2. The number of fused-ring (bicyclic) bond motifs is 1. The summed E-state index contributed by atoms with van der Waals surface area (Å²) in [5.41, 5.74) is 14.3. The topological polar surface area (TPSA) is 0 Å². The molecular formula is C34H40. The normalized spacial score (nSPS) is 26.2. The van der Waals surface area contributed by atoms with Crippen molar-refractivity contribution in [1.82, 2.24) is 0 Å². The Morgan fingerprint density at radius 2 is 1.79 bits per heavy atom. The van der Waals surface area contributed by atoms with Crippen LogP contribution in [0, 0.1) is 37.5 Å². The number of rotatable bonds is 5. The molecule has 1 fully saturated rings. The van der Waals surface area contributed by atoms with Crippen LogP contribution < -0.4 is 0 Å². The molecule has 0 radical (unpaired) electrons. The van der Waals surface area contributed by atoms with E-state index in [2.05, 4.69) is 89.4 Å². The zero-order valence-electron chi connectivity index (χ0n) is 21.6. The molecule has 0 N–H and O–H groups in total. The van der Waals surface area contributed by atoms with E-state index in [1.165, 1.54) is 75.8 Å². The minimum atomic E-state index is 0.366. The average molecular weight is 449 g/mol. The Morgan fingerprint density at radius 1 is 0.971 bits per heavy atom. The molecule has 0 heteroatoms. The first-order valence-electron chi connectivity index (χ1n) is 13.3. The lowest BCUT2D eigenvalue weighted by Gasteiger charge is -2.28. The van der Waals surface area contributed by atoms with Gasteiger partial charge in [-0.1, -0.05) is 98.7 Å². The molecule has 4 atom stereocenters. The fraction of sp³-hybridized carbons (Fsp3) is 0.412. The minimum Gasteiger partial charge on any atom is -0.0986 e. The second-order valence-electron chi connectivity index (χ2n) is 11.5. The summed E-state index contributed by atoms with van der Waals surface area (Å²) < 4.78 is 0. The van der Waals surface area contributed by atoms with Gasteiger partial charge in [-0.25, -0.2) is 0 Å².